The monoisotopic (exact) mass is 399 g/mol. The maximum Gasteiger partial charge on any atom is 0.412 e. The number of nitrogens with zero attached hydrogens (tertiary/aromatic N) is 3. The molecule has 3 rings (SSSR count). The zero-order valence-electron chi connectivity index (χ0n) is 15.3. The smallest absolute Gasteiger partial charge is 0.412 e. The van der Waals surface area contributed by atoms with Crippen LogP contribution >= 0.6 is 11.6 Å². The van der Waals surface area contributed by atoms with Crippen molar-refractivity contribution < 1.29 is 19.4 Å². The molecule has 28 heavy (non-hydrogen) atoms. The predicted octanol–water partition coefficient (Wildman–Crippen LogP) is 4.50. The highest BCUT2D eigenvalue weighted by molar-refractivity contribution is 6.32. The van der Waals surface area contributed by atoms with E-state index in [-0.39, 0.29) is 6.54 Å². The Labute approximate surface area is 167 Å². The number of carboxylic acid groups (broad SMARTS) is 1. The van der Waals surface area contributed by atoms with Crippen LogP contribution in [-0.4, -0.2) is 35.4 Å². The zero-order chi connectivity index (χ0) is 20.1. The third kappa shape index (κ3) is 4.15. The molecule has 3 aromatic rings. The normalized spacial score (nSPS) is 10.4. The Kier molecular flexibility index (Phi) is 5.96. The van der Waals surface area contributed by atoms with Crippen LogP contribution in [0.1, 0.15) is 5.56 Å². The third-order valence-corrected chi connectivity index (χ3v) is 4.46. The molecule has 0 bridgehead atoms. The van der Waals surface area contributed by atoms with Gasteiger partial charge >= 0.3 is 6.09 Å². The molecule has 2 aromatic carbocycles. The molecule has 0 aliphatic heterocycles. The standard InChI is InChI=1S/C20H18ClN3O4/c1-27-18-8-19(28-2)17(7-16(18)21)24(20(25)26)11-13-3-5-14(6-4-13)15-9-22-12-23-10-15/h3-10,12H,11H2,1-2H3,(H,25,26). The Balaban J connectivity index is 1.90. The number of methoxy groups -OCH3 is 2. The molecule has 0 unspecified atom stereocenters. The van der Waals surface area contributed by atoms with Gasteiger partial charge in [0.25, 0.3) is 0 Å². The number of benzene rings is 2. The highest BCUT2D eigenvalue weighted by Crippen LogP contribution is 2.38. The molecule has 0 aliphatic carbocycles. The van der Waals surface area contributed by atoms with Gasteiger partial charge in [0, 0.05) is 24.0 Å². The average molecular weight is 400 g/mol. The van der Waals surface area contributed by atoms with Crippen LogP contribution in [0.4, 0.5) is 10.5 Å². The summed E-state index contributed by atoms with van der Waals surface area (Å²) in [4.78, 5) is 21.1. The van der Waals surface area contributed by atoms with Gasteiger partial charge in [0.1, 0.15) is 17.8 Å². The molecule has 0 radical (unpaired) electrons. The summed E-state index contributed by atoms with van der Waals surface area (Å²) in [6.07, 6.45) is 3.78. The van der Waals surface area contributed by atoms with Crippen LogP contribution in [0.2, 0.25) is 5.02 Å². The van der Waals surface area contributed by atoms with Gasteiger partial charge in [-0.2, -0.15) is 0 Å². The topological polar surface area (TPSA) is 84.8 Å². The van der Waals surface area contributed by atoms with E-state index in [4.69, 9.17) is 21.1 Å². The maximum absolute atomic E-state index is 11.9. The number of halogens is 1. The molecule has 1 amide bonds. The molecule has 1 heterocycles. The highest BCUT2D eigenvalue weighted by Gasteiger charge is 2.21. The van der Waals surface area contributed by atoms with Gasteiger partial charge in [-0.15, -0.1) is 0 Å². The minimum Gasteiger partial charge on any atom is -0.495 e. The molecule has 0 atom stereocenters. The fourth-order valence-electron chi connectivity index (χ4n) is 2.74. The van der Waals surface area contributed by atoms with E-state index in [0.29, 0.717) is 22.2 Å². The summed E-state index contributed by atoms with van der Waals surface area (Å²) in [5.41, 5.74) is 2.96. The molecule has 144 valence electrons. The van der Waals surface area contributed by atoms with Crippen LogP contribution in [0, 0.1) is 0 Å². The number of hydrogen-bond acceptors (Lipinski definition) is 5. The Morgan fingerprint density at radius 3 is 2.25 bits per heavy atom. The predicted molar refractivity (Wildman–Crippen MR) is 106 cm³/mol. The quantitative estimate of drug-likeness (QED) is 0.657. The second-order valence-electron chi connectivity index (χ2n) is 5.85. The van der Waals surface area contributed by atoms with Crippen LogP contribution < -0.4 is 14.4 Å². The van der Waals surface area contributed by atoms with Gasteiger partial charge in [0.15, 0.2) is 0 Å². The van der Waals surface area contributed by atoms with Crippen molar-refractivity contribution in [2.45, 2.75) is 6.54 Å². The lowest BCUT2D eigenvalue weighted by Gasteiger charge is -2.23. The van der Waals surface area contributed by atoms with E-state index in [2.05, 4.69) is 9.97 Å². The minimum absolute atomic E-state index is 0.125. The lowest BCUT2D eigenvalue weighted by Crippen LogP contribution is -2.29. The van der Waals surface area contributed by atoms with Crippen molar-refractivity contribution in [1.82, 2.24) is 9.97 Å². The Hall–Kier alpha value is -3.32. The van der Waals surface area contributed by atoms with E-state index in [9.17, 15) is 9.90 Å². The largest absolute Gasteiger partial charge is 0.495 e. The first-order chi connectivity index (χ1) is 13.5. The van der Waals surface area contributed by atoms with E-state index in [1.54, 1.807) is 18.5 Å². The van der Waals surface area contributed by atoms with Crippen molar-refractivity contribution in [2.24, 2.45) is 0 Å². The molecule has 0 aliphatic rings. The zero-order valence-corrected chi connectivity index (χ0v) is 16.1. The van der Waals surface area contributed by atoms with Crippen LogP contribution in [-0.2, 0) is 6.54 Å². The molecule has 8 heteroatoms. The Morgan fingerprint density at radius 1 is 1.04 bits per heavy atom. The Bertz CT molecular complexity index is 965. The van der Waals surface area contributed by atoms with Gasteiger partial charge in [-0.1, -0.05) is 35.9 Å². The Morgan fingerprint density at radius 2 is 1.68 bits per heavy atom. The van der Waals surface area contributed by atoms with Crippen molar-refractivity contribution in [1.29, 1.82) is 0 Å². The van der Waals surface area contributed by atoms with E-state index < -0.39 is 6.09 Å². The van der Waals surface area contributed by atoms with Crippen molar-refractivity contribution in [3.63, 3.8) is 0 Å². The highest BCUT2D eigenvalue weighted by atomic mass is 35.5. The van der Waals surface area contributed by atoms with Gasteiger partial charge in [0.05, 0.1) is 31.5 Å². The van der Waals surface area contributed by atoms with Gasteiger partial charge in [0.2, 0.25) is 0 Å². The van der Waals surface area contributed by atoms with Crippen LogP contribution in [0.5, 0.6) is 11.5 Å². The second kappa shape index (κ2) is 8.58. The summed E-state index contributed by atoms with van der Waals surface area (Å²) in [6.45, 7) is 0.125. The number of rotatable bonds is 6. The van der Waals surface area contributed by atoms with E-state index in [0.717, 1.165) is 16.7 Å². The summed E-state index contributed by atoms with van der Waals surface area (Å²) < 4.78 is 10.5. The first kappa shape index (κ1) is 19.4. The summed E-state index contributed by atoms with van der Waals surface area (Å²) in [5.74, 6) is 0.753. The summed E-state index contributed by atoms with van der Waals surface area (Å²) in [7, 11) is 2.94. The molecule has 0 spiro atoms. The second-order valence-corrected chi connectivity index (χ2v) is 6.26. The maximum atomic E-state index is 11.9. The first-order valence-electron chi connectivity index (χ1n) is 8.29. The van der Waals surface area contributed by atoms with E-state index in [1.807, 2.05) is 24.3 Å². The molecule has 1 aromatic heterocycles. The van der Waals surface area contributed by atoms with Gasteiger partial charge in [-0.3, -0.25) is 4.90 Å². The molecular formula is C20H18ClN3O4. The third-order valence-electron chi connectivity index (χ3n) is 4.16. The van der Waals surface area contributed by atoms with Gasteiger partial charge in [-0.05, 0) is 17.2 Å². The number of aromatic nitrogens is 2. The molecule has 1 N–H and O–H groups in total. The lowest BCUT2D eigenvalue weighted by molar-refractivity contribution is 0.201. The summed E-state index contributed by atoms with van der Waals surface area (Å²) >= 11 is 6.19. The van der Waals surface area contributed by atoms with Crippen molar-refractivity contribution >= 4 is 23.4 Å². The van der Waals surface area contributed by atoms with Crippen LogP contribution in [0.3, 0.4) is 0 Å². The van der Waals surface area contributed by atoms with E-state index in [1.165, 1.54) is 31.5 Å². The number of anilines is 1. The van der Waals surface area contributed by atoms with E-state index >= 15 is 0 Å². The molecule has 0 saturated heterocycles. The minimum atomic E-state index is -1.12. The number of ether oxygens (including phenoxy) is 2. The van der Waals surface area contributed by atoms with Crippen LogP contribution in [0.15, 0.2) is 55.1 Å². The van der Waals surface area contributed by atoms with Crippen molar-refractivity contribution in [3.8, 4) is 22.6 Å². The molecule has 0 saturated carbocycles. The fraction of sp³-hybridized carbons (Fsp3) is 0.150. The molecule has 0 fully saturated rings. The lowest BCUT2D eigenvalue weighted by atomic mass is 10.1. The van der Waals surface area contributed by atoms with Crippen molar-refractivity contribution in [3.05, 3.63) is 65.7 Å². The number of hydrogen-bond donors (Lipinski definition) is 1. The first-order valence-corrected chi connectivity index (χ1v) is 8.67. The summed E-state index contributed by atoms with van der Waals surface area (Å²) in [6, 6.07) is 10.6. The average Bonchev–Trinajstić information content (AvgIpc) is 2.72. The van der Waals surface area contributed by atoms with Crippen molar-refractivity contribution in [2.75, 3.05) is 19.1 Å². The van der Waals surface area contributed by atoms with Gasteiger partial charge < -0.3 is 14.6 Å². The fourth-order valence-corrected chi connectivity index (χ4v) is 2.98. The number of carbonyl (C=O) groups is 1. The molecule has 7 nitrogen and oxygen atoms in total. The number of amides is 1. The van der Waals surface area contributed by atoms with Gasteiger partial charge in [-0.25, -0.2) is 14.8 Å². The van der Waals surface area contributed by atoms with Crippen LogP contribution in [0.25, 0.3) is 11.1 Å². The summed E-state index contributed by atoms with van der Waals surface area (Å²) in [5, 5.41) is 10.0. The SMILES string of the molecule is COc1cc(OC)c(N(Cc2ccc(-c3cncnc3)cc2)C(=O)O)cc1Cl. The molecular weight excluding hydrogens is 382 g/mol.